The number of aliphatic carboxylic acids is 1. The molecule has 0 saturated heterocycles. The van der Waals surface area contributed by atoms with E-state index in [1.165, 1.54) is 18.6 Å². The fourth-order valence-electron chi connectivity index (χ4n) is 4.58. The van der Waals surface area contributed by atoms with Gasteiger partial charge in [-0.15, -0.1) is 0 Å². The van der Waals surface area contributed by atoms with Gasteiger partial charge in [-0.3, -0.25) is 0 Å². The number of hydrogen-bond donors (Lipinski definition) is 2. The highest BCUT2D eigenvalue weighted by Gasteiger charge is 2.20. The van der Waals surface area contributed by atoms with Crippen LogP contribution in [0.25, 0.3) is 0 Å². The lowest BCUT2D eigenvalue weighted by atomic mass is 9.96. The van der Waals surface area contributed by atoms with Crippen molar-refractivity contribution in [3.8, 4) is 5.75 Å². The highest BCUT2D eigenvalue weighted by atomic mass is 19.1. The molecule has 1 fully saturated rings. The Morgan fingerprint density at radius 2 is 1.70 bits per heavy atom. The number of rotatable bonds is 14. The Kier molecular flexibility index (Phi) is 11.7. The summed E-state index contributed by atoms with van der Waals surface area (Å²) in [4.78, 5) is 26.2. The lowest BCUT2D eigenvalue weighted by Crippen LogP contribution is -2.47. The van der Waals surface area contributed by atoms with E-state index in [0.717, 1.165) is 49.7 Å². The zero-order valence-corrected chi connectivity index (χ0v) is 21.7. The smallest absolute Gasteiger partial charge is 0.333 e. The van der Waals surface area contributed by atoms with Crippen LogP contribution in [0.1, 0.15) is 56.6 Å². The van der Waals surface area contributed by atoms with E-state index in [0.29, 0.717) is 32.1 Å². The molecule has 1 aliphatic rings. The average molecular weight is 515 g/mol. The van der Waals surface area contributed by atoms with E-state index in [4.69, 9.17) is 9.47 Å². The van der Waals surface area contributed by atoms with Crippen molar-refractivity contribution >= 4 is 12.0 Å². The van der Waals surface area contributed by atoms with Crippen LogP contribution in [-0.4, -0.2) is 60.5 Å². The third-order valence-corrected chi connectivity index (χ3v) is 6.64. The summed E-state index contributed by atoms with van der Waals surface area (Å²) in [6.45, 7) is 3.47. The molecule has 37 heavy (non-hydrogen) atoms. The van der Waals surface area contributed by atoms with Gasteiger partial charge in [-0.2, -0.15) is 0 Å². The number of nitrogens with zero attached hydrogens (tertiary/aromatic N) is 1. The molecule has 0 spiro atoms. The molecular formula is C29H39FN2O5. The maximum absolute atomic E-state index is 13.2. The number of halogens is 1. The molecule has 0 aromatic heterocycles. The molecule has 202 valence electrons. The van der Waals surface area contributed by atoms with Gasteiger partial charge in [0.2, 0.25) is 0 Å². The van der Waals surface area contributed by atoms with Crippen molar-refractivity contribution in [2.24, 2.45) is 0 Å². The second-order valence-corrected chi connectivity index (χ2v) is 9.48. The summed E-state index contributed by atoms with van der Waals surface area (Å²) in [5.74, 6) is -0.572. The number of benzene rings is 2. The molecule has 2 N–H and O–H groups in total. The Balaban J connectivity index is 1.51. The highest BCUT2D eigenvalue weighted by molar-refractivity contribution is 5.74. The second kappa shape index (κ2) is 15.2. The van der Waals surface area contributed by atoms with E-state index in [9.17, 15) is 19.1 Å². The molecule has 2 aromatic rings. The van der Waals surface area contributed by atoms with Gasteiger partial charge in [0.05, 0.1) is 6.54 Å². The Hall–Kier alpha value is -3.13. The van der Waals surface area contributed by atoms with Gasteiger partial charge in [0.1, 0.15) is 18.2 Å². The van der Waals surface area contributed by atoms with Gasteiger partial charge >= 0.3 is 12.0 Å². The van der Waals surface area contributed by atoms with Crippen LogP contribution in [0.15, 0.2) is 48.5 Å². The molecule has 1 aliphatic carbocycles. The minimum absolute atomic E-state index is 0.0689. The molecule has 2 amide bonds. The summed E-state index contributed by atoms with van der Waals surface area (Å²) in [6, 6.07) is 13.9. The van der Waals surface area contributed by atoms with E-state index in [1.54, 1.807) is 36.1 Å². The topological polar surface area (TPSA) is 88.1 Å². The standard InChI is InChI=1S/C29H39FN2O5/c1-2-36-27(28(33)34)21-23-12-16-26(17-13-23)37-20-19-32(29(35)31-25-8-4-3-5-9-25)18-6-7-22-10-14-24(30)15-11-22/h10-17,25,27H,2-9,18-21H2,1H3,(H,31,35)(H,33,34). The first-order valence-electron chi connectivity index (χ1n) is 13.3. The van der Waals surface area contributed by atoms with E-state index in [-0.39, 0.29) is 24.3 Å². The van der Waals surface area contributed by atoms with E-state index >= 15 is 0 Å². The molecule has 0 heterocycles. The van der Waals surface area contributed by atoms with Crippen molar-refractivity contribution in [2.45, 2.75) is 70.4 Å². The van der Waals surface area contributed by atoms with E-state index in [2.05, 4.69) is 5.32 Å². The maximum Gasteiger partial charge on any atom is 0.333 e. The zero-order valence-electron chi connectivity index (χ0n) is 21.7. The molecule has 1 unspecified atom stereocenters. The normalized spacial score (nSPS) is 14.6. The Morgan fingerprint density at radius 1 is 1.03 bits per heavy atom. The number of carboxylic acids is 1. The molecular weight excluding hydrogens is 475 g/mol. The summed E-state index contributed by atoms with van der Waals surface area (Å²) >= 11 is 0. The number of carboxylic acid groups (broad SMARTS) is 1. The molecule has 1 saturated carbocycles. The van der Waals surface area contributed by atoms with E-state index in [1.807, 2.05) is 12.1 Å². The molecule has 0 radical (unpaired) electrons. The van der Waals surface area contributed by atoms with Crippen molar-refractivity contribution in [2.75, 3.05) is 26.3 Å². The molecule has 0 aliphatic heterocycles. The van der Waals surface area contributed by atoms with Crippen molar-refractivity contribution in [1.29, 1.82) is 0 Å². The Labute approximate surface area is 219 Å². The summed E-state index contributed by atoms with van der Waals surface area (Å²) in [6.07, 6.45) is 6.49. The number of urea groups is 1. The van der Waals surface area contributed by atoms with Gasteiger partial charge in [-0.25, -0.2) is 14.0 Å². The van der Waals surface area contributed by atoms with Crippen LogP contribution in [0, 0.1) is 5.82 Å². The third-order valence-electron chi connectivity index (χ3n) is 6.64. The van der Waals surface area contributed by atoms with Gasteiger partial charge in [-0.1, -0.05) is 43.5 Å². The number of carbonyl (C=O) groups is 2. The van der Waals surface area contributed by atoms with Crippen LogP contribution < -0.4 is 10.1 Å². The van der Waals surface area contributed by atoms with Crippen LogP contribution in [0.4, 0.5) is 9.18 Å². The minimum Gasteiger partial charge on any atom is -0.492 e. The number of hydrogen-bond acceptors (Lipinski definition) is 4. The van der Waals surface area contributed by atoms with Gasteiger partial charge in [-0.05, 0) is 68.0 Å². The van der Waals surface area contributed by atoms with Crippen molar-refractivity contribution in [3.05, 3.63) is 65.5 Å². The largest absolute Gasteiger partial charge is 0.492 e. The monoisotopic (exact) mass is 514 g/mol. The van der Waals surface area contributed by atoms with Gasteiger partial charge in [0, 0.05) is 25.6 Å². The van der Waals surface area contributed by atoms with Gasteiger partial charge < -0.3 is 24.8 Å². The first-order chi connectivity index (χ1) is 17.9. The average Bonchev–Trinajstić information content (AvgIpc) is 2.90. The first-order valence-corrected chi connectivity index (χ1v) is 13.3. The molecule has 1 atom stereocenters. The SMILES string of the molecule is CCOC(Cc1ccc(OCCN(CCCc2ccc(F)cc2)C(=O)NC2CCCCC2)cc1)C(=O)O. The molecule has 7 nitrogen and oxygen atoms in total. The third kappa shape index (κ3) is 10.0. The van der Waals surface area contributed by atoms with Gasteiger partial charge in [0.25, 0.3) is 0 Å². The number of amides is 2. The lowest BCUT2D eigenvalue weighted by molar-refractivity contribution is -0.149. The summed E-state index contributed by atoms with van der Waals surface area (Å²) < 4.78 is 24.4. The second-order valence-electron chi connectivity index (χ2n) is 9.48. The summed E-state index contributed by atoms with van der Waals surface area (Å²) in [7, 11) is 0. The number of carbonyl (C=O) groups excluding carboxylic acids is 1. The number of nitrogens with one attached hydrogen (secondary N) is 1. The number of ether oxygens (including phenoxy) is 2. The fourth-order valence-corrected chi connectivity index (χ4v) is 4.58. The van der Waals surface area contributed by atoms with Gasteiger partial charge in [0.15, 0.2) is 6.10 Å². The van der Waals surface area contributed by atoms with Crippen LogP contribution >= 0.6 is 0 Å². The van der Waals surface area contributed by atoms with Crippen molar-refractivity contribution in [3.63, 3.8) is 0 Å². The summed E-state index contributed by atoms with van der Waals surface area (Å²) in [5, 5.41) is 12.5. The predicted molar refractivity (Wildman–Crippen MR) is 140 cm³/mol. The first kappa shape index (κ1) is 28.4. The van der Waals surface area contributed by atoms with Crippen molar-refractivity contribution < 1.29 is 28.6 Å². The van der Waals surface area contributed by atoms with Crippen LogP contribution in [0.3, 0.4) is 0 Å². The molecule has 8 heteroatoms. The van der Waals surface area contributed by atoms with Crippen LogP contribution in [-0.2, 0) is 22.4 Å². The zero-order chi connectivity index (χ0) is 26.5. The Morgan fingerprint density at radius 3 is 2.35 bits per heavy atom. The fraction of sp³-hybridized carbons (Fsp3) is 0.517. The van der Waals surface area contributed by atoms with Crippen molar-refractivity contribution in [1.82, 2.24) is 10.2 Å². The van der Waals surface area contributed by atoms with E-state index < -0.39 is 12.1 Å². The molecule has 0 bridgehead atoms. The highest BCUT2D eigenvalue weighted by Crippen LogP contribution is 2.18. The quantitative estimate of drug-likeness (QED) is 0.361. The predicted octanol–water partition coefficient (Wildman–Crippen LogP) is 5.21. The number of aryl methyl sites for hydroxylation is 1. The van der Waals surface area contributed by atoms with Crippen LogP contribution in [0.5, 0.6) is 5.75 Å². The van der Waals surface area contributed by atoms with Crippen LogP contribution in [0.2, 0.25) is 0 Å². The molecule has 2 aromatic carbocycles. The maximum atomic E-state index is 13.2. The lowest BCUT2D eigenvalue weighted by Gasteiger charge is -2.28. The Bertz CT molecular complexity index is 961. The summed E-state index contributed by atoms with van der Waals surface area (Å²) in [5.41, 5.74) is 1.89. The molecule has 3 rings (SSSR count). The minimum atomic E-state index is -0.979.